The molecule has 2 saturated heterocycles. The van der Waals surface area contributed by atoms with Gasteiger partial charge in [0.2, 0.25) is 13.3 Å². The highest BCUT2D eigenvalue weighted by atomic mass is 31.2. The Balaban J connectivity index is 1.66. The maximum absolute atomic E-state index is 12.9. The predicted octanol–water partition coefficient (Wildman–Crippen LogP) is 2.42. The summed E-state index contributed by atoms with van der Waals surface area (Å²) in [7, 11) is -3.65. The van der Waals surface area contributed by atoms with Gasteiger partial charge in [0.05, 0.1) is 0 Å². The molecule has 7 heteroatoms. The normalized spacial score (nSPS) is 23.8. The summed E-state index contributed by atoms with van der Waals surface area (Å²) in [6.07, 6.45) is 3.40. The van der Waals surface area contributed by atoms with Crippen molar-refractivity contribution in [1.29, 1.82) is 0 Å². The van der Waals surface area contributed by atoms with E-state index >= 15 is 0 Å². The van der Waals surface area contributed by atoms with Crippen LogP contribution in [0.1, 0.15) is 37.7 Å². The fourth-order valence-corrected chi connectivity index (χ4v) is 5.56. The molecule has 0 bridgehead atoms. The molecule has 0 radical (unpaired) electrons. The zero-order valence-corrected chi connectivity index (χ0v) is 15.2. The van der Waals surface area contributed by atoms with Crippen LogP contribution in [0.5, 0.6) is 0 Å². The second kappa shape index (κ2) is 7.71. The Labute approximate surface area is 148 Å². The maximum atomic E-state index is 12.9. The lowest BCUT2D eigenvalue weighted by molar-refractivity contribution is -0.164. The Kier molecular flexibility index (Phi) is 5.60. The van der Waals surface area contributed by atoms with Crippen molar-refractivity contribution in [1.82, 2.24) is 10.0 Å². The number of hydrogen-bond donors (Lipinski definition) is 1. The lowest BCUT2D eigenvalue weighted by atomic mass is 10.1. The van der Waals surface area contributed by atoms with Gasteiger partial charge in [0.1, 0.15) is 5.66 Å². The van der Waals surface area contributed by atoms with Gasteiger partial charge in [0.15, 0.2) is 0 Å². The van der Waals surface area contributed by atoms with E-state index in [0.29, 0.717) is 25.9 Å². The third-order valence-electron chi connectivity index (χ3n) is 5.01. The van der Waals surface area contributed by atoms with Crippen molar-refractivity contribution in [2.75, 3.05) is 19.3 Å². The third kappa shape index (κ3) is 4.13. The SMILES string of the molecule is O=C1CC[C@H](P(=O)(O)CCCc2ccccc2)C(=O)N2CCCCN12. The molecule has 136 valence electrons. The standard InChI is InChI=1S/C18H25N2O4P/c21-17-11-10-16(18(22)20-13-5-4-12-19(17)20)25(23,24)14-6-9-15-7-2-1-3-8-15/h1-3,7-8,16H,4-6,9-14H2,(H,23,24)/t16-/m0/s1. The predicted molar refractivity (Wildman–Crippen MR) is 95.1 cm³/mol. The number of aryl methyl sites for hydroxylation is 1. The van der Waals surface area contributed by atoms with E-state index in [4.69, 9.17) is 0 Å². The second-order valence-corrected chi connectivity index (χ2v) is 9.39. The maximum Gasteiger partial charge on any atom is 0.254 e. The first-order chi connectivity index (χ1) is 12.0. The average Bonchev–Trinajstić information content (AvgIpc) is 2.74. The van der Waals surface area contributed by atoms with Gasteiger partial charge in [-0.2, -0.15) is 0 Å². The van der Waals surface area contributed by atoms with Crippen LogP contribution in [0.4, 0.5) is 0 Å². The minimum atomic E-state index is -3.65. The summed E-state index contributed by atoms with van der Waals surface area (Å²) in [5.41, 5.74) is 0.169. The van der Waals surface area contributed by atoms with E-state index in [9.17, 15) is 19.0 Å². The van der Waals surface area contributed by atoms with Crippen LogP contribution in [-0.2, 0) is 20.6 Å². The molecule has 1 unspecified atom stereocenters. The van der Waals surface area contributed by atoms with Crippen LogP contribution in [-0.4, -0.2) is 51.6 Å². The molecule has 2 amide bonds. The number of hydrogen-bond acceptors (Lipinski definition) is 3. The largest absolute Gasteiger partial charge is 0.344 e. The Hall–Kier alpha value is -1.65. The van der Waals surface area contributed by atoms with Gasteiger partial charge in [-0.1, -0.05) is 30.3 Å². The molecule has 2 aliphatic rings. The Morgan fingerprint density at radius 2 is 1.76 bits per heavy atom. The summed E-state index contributed by atoms with van der Waals surface area (Å²) in [5, 5.41) is 2.90. The highest BCUT2D eigenvalue weighted by molar-refractivity contribution is 7.59. The first kappa shape index (κ1) is 18.2. The number of fused-ring (bicyclic) bond motifs is 1. The third-order valence-corrected chi connectivity index (χ3v) is 7.42. The zero-order valence-electron chi connectivity index (χ0n) is 14.3. The minimum absolute atomic E-state index is 0.111. The highest BCUT2D eigenvalue weighted by Crippen LogP contribution is 2.50. The number of carbonyl (C=O) groups is 2. The Morgan fingerprint density at radius 3 is 2.48 bits per heavy atom. The van der Waals surface area contributed by atoms with E-state index in [-0.39, 0.29) is 30.8 Å². The van der Waals surface area contributed by atoms with E-state index in [2.05, 4.69) is 0 Å². The quantitative estimate of drug-likeness (QED) is 0.814. The highest BCUT2D eigenvalue weighted by Gasteiger charge is 2.44. The molecule has 0 spiro atoms. The van der Waals surface area contributed by atoms with Gasteiger partial charge in [0.25, 0.3) is 5.91 Å². The molecule has 6 nitrogen and oxygen atoms in total. The molecule has 1 aromatic rings. The topological polar surface area (TPSA) is 77.9 Å². The molecular formula is C18H25N2O4P. The van der Waals surface area contributed by atoms with E-state index < -0.39 is 13.0 Å². The molecule has 2 fully saturated rings. The van der Waals surface area contributed by atoms with Crippen LogP contribution in [0.2, 0.25) is 0 Å². The summed E-state index contributed by atoms with van der Waals surface area (Å²) in [5.74, 6) is -0.462. The van der Waals surface area contributed by atoms with E-state index in [1.165, 1.54) is 10.0 Å². The lowest BCUT2D eigenvalue weighted by Gasteiger charge is -2.38. The van der Waals surface area contributed by atoms with Gasteiger partial charge < -0.3 is 4.89 Å². The molecule has 1 N–H and O–H groups in total. The van der Waals surface area contributed by atoms with E-state index in [0.717, 1.165) is 18.4 Å². The van der Waals surface area contributed by atoms with Crippen molar-refractivity contribution in [2.45, 2.75) is 44.2 Å². The monoisotopic (exact) mass is 364 g/mol. The second-order valence-electron chi connectivity index (χ2n) is 6.81. The van der Waals surface area contributed by atoms with Crippen molar-refractivity contribution < 1.29 is 19.0 Å². The fourth-order valence-electron chi connectivity index (χ4n) is 3.62. The van der Waals surface area contributed by atoms with Gasteiger partial charge in [-0.25, -0.2) is 0 Å². The number of benzene rings is 1. The van der Waals surface area contributed by atoms with Crippen molar-refractivity contribution in [3.05, 3.63) is 35.9 Å². The molecule has 1 aromatic carbocycles. The molecule has 25 heavy (non-hydrogen) atoms. The summed E-state index contributed by atoms with van der Waals surface area (Å²) in [4.78, 5) is 35.6. The van der Waals surface area contributed by atoms with Crippen molar-refractivity contribution in [3.8, 4) is 0 Å². The van der Waals surface area contributed by atoms with Crippen LogP contribution >= 0.6 is 7.37 Å². The van der Waals surface area contributed by atoms with Gasteiger partial charge in [-0.3, -0.25) is 24.2 Å². The van der Waals surface area contributed by atoms with Crippen LogP contribution in [0.3, 0.4) is 0 Å². The summed E-state index contributed by atoms with van der Waals surface area (Å²) < 4.78 is 12.9. The van der Waals surface area contributed by atoms with Crippen molar-refractivity contribution >= 4 is 19.2 Å². The Bertz CT molecular complexity index is 679. The minimum Gasteiger partial charge on any atom is -0.344 e. The van der Waals surface area contributed by atoms with E-state index in [1.807, 2.05) is 30.3 Å². The lowest BCUT2D eigenvalue weighted by Crippen LogP contribution is -2.53. The van der Waals surface area contributed by atoms with Crippen molar-refractivity contribution in [3.63, 3.8) is 0 Å². The zero-order chi connectivity index (χ0) is 17.9. The molecule has 0 aliphatic carbocycles. The smallest absolute Gasteiger partial charge is 0.254 e. The first-order valence-corrected chi connectivity index (χ1v) is 10.9. The van der Waals surface area contributed by atoms with Crippen LogP contribution < -0.4 is 0 Å². The first-order valence-electron chi connectivity index (χ1n) is 8.96. The molecule has 0 saturated carbocycles. The summed E-state index contributed by atoms with van der Waals surface area (Å²) in [6.45, 7) is 0.992. The molecule has 2 heterocycles. The number of hydrazine groups is 1. The van der Waals surface area contributed by atoms with E-state index in [1.54, 1.807) is 0 Å². The number of rotatable bonds is 5. The summed E-state index contributed by atoms with van der Waals surface area (Å²) in [6, 6.07) is 9.80. The average molecular weight is 364 g/mol. The van der Waals surface area contributed by atoms with Crippen molar-refractivity contribution in [2.24, 2.45) is 0 Å². The molecule has 2 atom stereocenters. The van der Waals surface area contributed by atoms with Crippen LogP contribution in [0.25, 0.3) is 0 Å². The Morgan fingerprint density at radius 1 is 1.08 bits per heavy atom. The van der Waals surface area contributed by atoms with Crippen LogP contribution in [0.15, 0.2) is 30.3 Å². The molecule has 2 aliphatic heterocycles. The summed E-state index contributed by atoms with van der Waals surface area (Å²) >= 11 is 0. The van der Waals surface area contributed by atoms with Gasteiger partial charge in [-0.05, 0) is 37.7 Å². The van der Waals surface area contributed by atoms with Gasteiger partial charge in [-0.15, -0.1) is 0 Å². The number of carbonyl (C=O) groups excluding carboxylic acids is 2. The van der Waals surface area contributed by atoms with Crippen LogP contribution in [0, 0.1) is 0 Å². The number of nitrogens with zero attached hydrogens (tertiary/aromatic N) is 2. The molecule has 0 aromatic heterocycles. The fraction of sp³-hybridized carbons (Fsp3) is 0.556. The van der Waals surface area contributed by atoms with Gasteiger partial charge in [0, 0.05) is 25.7 Å². The number of amides is 2. The molecule has 3 rings (SSSR count). The van der Waals surface area contributed by atoms with Gasteiger partial charge >= 0.3 is 0 Å². The molecular weight excluding hydrogens is 339 g/mol.